The van der Waals surface area contributed by atoms with E-state index in [4.69, 9.17) is 19.2 Å². The summed E-state index contributed by atoms with van der Waals surface area (Å²) < 4.78 is 47.5. The predicted octanol–water partition coefficient (Wildman–Crippen LogP) is 4.48. The molecule has 1 saturated heterocycles. The molecular formula is C42H57N7O8S. The maximum Gasteiger partial charge on any atom is 0.271 e. The first-order valence-corrected chi connectivity index (χ1v) is 22.0. The van der Waals surface area contributed by atoms with Gasteiger partial charge in [0.25, 0.3) is 11.8 Å². The number of aromatic nitrogens is 3. The summed E-state index contributed by atoms with van der Waals surface area (Å²) in [5, 5.41) is 11.0. The number of allylic oxidation sites excluding steroid dienone is 1. The molecule has 4 fully saturated rings. The Labute approximate surface area is 340 Å². The van der Waals surface area contributed by atoms with E-state index >= 15 is 0 Å². The Kier molecular flexibility index (Phi) is 11.8. The van der Waals surface area contributed by atoms with Crippen molar-refractivity contribution < 1.29 is 37.0 Å². The fraction of sp³-hybridized carbons (Fsp3) is 0.595. The van der Waals surface area contributed by atoms with Gasteiger partial charge in [0, 0.05) is 55.2 Å². The van der Waals surface area contributed by atoms with Gasteiger partial charge in [-0.2, -0.15) is 5.10 Å². The number of carbonyl (C=O) groups is 3. The number of likely N-dealkylation sites (tertiary alicyclic amines) is 1. The maximum absolute atomic E-state index is 14.1. The van der Waals surface area contributed by atoms with Gasteiger partial charge in [0.1, 0.15) is 34.9 Å². The van der Waals surface area contributed by atoms with Gasteiger partial charge in [-0.05, 0) is 97.4 Å². The summed E-state index contributed by atoms with van der Waals surface area (Å²) in [6.07, 6.45) is 13.4. The van der Waals surface area contributed by atoms with E-state index < -0.39 is 32.3 Å². The summed E-state index contributed by atoms with van der Waals surface area (Å²) in [4.78, 5) is 47.0. The van der Waals surface area contributed by atoms with E-state index in [1.54, 1.807) is 38.0 Å². The third kappa shape index (κ3) is 9.12. The molecule has 1 aliphatic heterocycles. The lowest BCUT2D eigenvalue weighted by atomic mass is 10.1. The van der Waals surface area contributed by atoms with Gasteiger partial charge in [-0.25, -0.2) is 13.4 Å². The zero-order valence-electron chi connectivity index (χ0n) is 34.4. The SMILES string of the molecule is COc1ccc2c(O[C@@H]3C[C@@H](C(=O)N[C@]4(C(=O)NS(=O)(=O)C5(C)CC5)C[C@H]4/C=C\CCCCC[C@@H](C)NC(=O)c4ccn(C)n4)N(C)C3)cc(OC3CC3)nc2c1C. The predicted molar refractivity (Wildman–Crippen MR) is 218 cm³/mol. The molecular weight excluding hydrogens is 763 g/mol. The minimum Gasteiger partial charge on any atom is -0.496 e. The standard InChI is InChI=1S/C42H57N7O8S/c1-26(43-38(50)32-18-21-49(5)46-32)12-10-8-7-9-11-13-28-24-42(28,40(52)47-58(53,54)41(3)19-20-41)45-39(51)33-22-30(25-48(33)4)56-35-23-36(57-29-14-15-29)44-37-27(2)34(55-6)17-16-31(35)37/h11,13,16-18,21,23,26,28-30,33H,7-10,12,14-15,19-20,22,24-25H2,1-6H3,(H,43,50)(H,45,51)(H,47,52)/b13-11-/t26-,28-,30-,33+,42-/m1/s1. The second-order valence-electron chi connectivity index (χ2n) is 17.0. The molecule has 3 N–H and O–H groups in total. The van der Waals surface area contributed by atoms with Crippen LogP contribution in [-0.4, -0.2) is 101 Å². The van der Waals surface area contributed by atoms with Crippen molar-refractivity contribution in [2.45, 2.75) is 126 Å². The number of nitrogens with one attached hydrogen (secondary N) is 3. The van der Waals surface area contributed by atoms with E-state index in [-0.39, 0.29) is 36.0 Å². The average molecular weight is 820 g/mol. The normalized spacial score (nSPS) is 24.3. The van der Waals surface area contributed by atoms with Gasteiger partial charge in [0.05, 0.1) is 23.4 Å². The number of pyridine rings is 1. The number of benzene rings is 1. The summed E-state index contributed by atoms with van der Waals surface area (Å²) in [7, 11) is 1.32. The quantitative estimate of drug-likeness (QED) is 0.115. The molecule has 1 aromatic carbocycles. The Balaban J connectivity index is 0.965. The molecule has 0 unspecified atom stereocenters. The molecule has 15 nitrogen and oxygen atoms in total. The van der Waals surface area contributed by atoms with Crippen molar-refractivity contribution in [2.24, 2.45) is 13.0 Å². The number of likely N-dealkylation sites (N-methyl/N-ethyl adjacent to an activating group) is 1. The zero-order valence-corrected chi connectivity index (χ0v) is 35.2. The summed E-state index contributed by atoms with van der Waals surface area (Å²) in [6.45, 7) is 6.02. The highest BCUT2D eigenvalue weighted by molar-refractivity contribution is 7.91. The molecule has 0 bridgehead atoms. The first kappa shape index (κ1) is 41.5. The number of rotatable bonds is 19. The van der Waals surface area contributed by atoms with Crippen molar-refractivity contribution in [3.8, 4) is 17.4 Å². The Morgan fingerprint density at radius 2 is 1.83 bits per heavy atom. The highest BCUT2D eigenvalue weighted by Crippen LogP contribution is 2.47. The molecule has 0 spiro atoms. The smallest absolute Gasteiger partial charge is 0.271 e. The van der Waals surface area contributed by atoms with Gasteiger partial charge in [-0.15, -0.1) is 0 Å². The first-order valence-electron chi connectivity index (χ1n) is 20.5. The molecule has 4 aliphatic rings. The van der Waals surface area contributed by atoms with Crippen LogP contribution in [0.3, 0.4) is 0 Å². The number of amides is 3. The monoisotopic (exact) mass is 819 g/mol. The van der Waals surface area contributed by atoms with Gasteiger partial charge in [0.15, 0.2) is 0 Å². The van der Waals surface area contributed by atoms with E-state index in [1.807, 2.05) is 56.1 Å². The zero-order chi connectivity index (χ0) is 41.4. The van der Waals surface area contributed by atoms with Crippen molar-refractivity contribution in [1.29, 1.82) is 0 Å². The number of methoxy groups -OCH3 is 1. The molecule has 5 atom stereocenters. The van der Waals surface area contributed by atoms with Crippen molar-refractivity contribution in [1.82, 2.24) is 35.0 Å². The number of aryl methyl sites for hydroxylation is 2. The summed E-state index contributed by atoms with van der Waals surface area (Å²) in [6, 6.07) is 6.71. The Morgan fingerprint density at radius 1 is 1.05 bits per heavy atom. The lowest BCUT2D eigenvalue weighted by Crippen LogP contribution is -2.56. The van der Waals surface area contributed by atoms with E-state index in [0.29, 0.717) is 55.3 Å². The van der Waals surface area contributed by atoms with Crippen LogP contribution in [0, 0.1) is 12.8 Å². The number of hydrogen-bond acceptors (Lipinski definition) is 11. The van der Waals surface area contributed by atoms with Crippen LogP contribution in [0.5, 0.6) is 17.4 Å². The highest BCUT2D eigenvalue weighted by atomic mass is 32.2. The first-order chi connectivity index (χ1) is 27.6. The van der Waals surface area contributed by atoms with Crippen LogP contribution in [0.1, 0.15) is 101 Å². The molecule has 3 amide bonds. The summed E-state index contributed by atoms with van der Waals surface area (Å²) >= 11 is 0. The van der Waals surface area contributed by atoms with Crippen LogP contribution in [0.4, 0.5) is 0 Å². The number of nitrogens with zero attached hydrogens (tertiary/aromatic N) is 4. The Bertz CT molecular complexity index is 2180. The van der Waals surface area contributed by atoms with E-state index in [1.165, 1.54) is 0 Å². The number of hydrogen-bond donors (Lipinski definition) is 3. The average Bonchev–Trinajstić information content (AvgIpc) is 4.13. The maximum atomic E-state index is 14.1. The van der Waals surface area contributed by atoms with Crippen molar-refractivity contribution >= 4 is 38.6 Å². The third-order valence-electron chi connectivity index (χ3n) is 12.1. The van der Waals surface area contributed by atoms with Gasteiger partial charge < -0.3 is 24.8 Å². The number of unbranched alkanes of at least 4 members (excludes halogenated alkanes) is 3. The fourth-order valence-electron chi connectivity index (χ4n) is 7.74. The Morgan fingerprint density at radius 3 is 2.52 bits per heavy atom. The molecule has 0 radical (unpaired) electrons. The van der Waals surface area contributed by atoms with Crippen LogP contribution in [0.25, 0.3) is 10.9 Å². The summed E-state index contributed by atoms with van der Waals surface area (Å²) in [5.41, 5.74) is 0.615. The molecule has 314 valence electrons. The lowest BCUT2D eigenvalue weighted by molar-refractivity contribution is -0.131. The van der Waals surface area contributed by atoms with Gasteiger partial charge in [0.2, 0.25) is 21.8 Å². The number of carbonyl (C=O) groups excluding carboxylic acids is 3. The van der Waals surface area contributed by atoms with Crippen molar-refractivity contribution in [2.75, 3.05) is 20.7 Å². The van der Waals surface area contributed by atoms with E-state index in [0.717, 1.165) is 61.4 Å². The van der Waals surface area contributed by atoms with Crippen LogP contribution in [0.2, 0.25) is 0 Å². The Hall–Kier alpha value is -4.70. The second-order valence-corrected chi connectivity index (χ2v) is 19.2. The molecule has 16 heteroatoms. The van der Waals surface area contributed by atoms with Crippen molar-refractivity contribution in [3.05, 3.63) is 53.9 Å². The molecule has 3 aromatic rings. The fourth-order valence-corrected chi connectivity index (χ4v) is 9.05. The van der Waals surface area contributed by atoms with E-state index in [2.05, 4.69) is 20.5 Å². The molecule has 3 aliphatic carbocycles. The summed E-state index contributed by atoms with van der Waals surface area (Å²) in [5.74, 6) is 0.212. The third-order valence-corrected chi connectivity index (χ3v) is 14.2. The largest absolute Gasteiger partial charge is 0.496 e. The highest BCUT2D eigenvalue weighted by Gasteiger charge is 2.63. The van der Waals surface area contributed by atoms with Crippen molar-refractivity contribution in [3.63, 3.8) is 0 Å². The van der Waals surface area contributed by atoms with Crippen LogP contribution < -0.4 is 29.6 Å². The van der Waals surface area contributed by atoms with Crippen LogP contribution in [-0.2, 0) is 26.7 Å². The topological polar surface area (TPSA) is 183 Å². The molecule has 7 rings (SSSR count). The van der Waals surface area contributed by atoms with Crippen LogP contribution in [0.15, 0.2) is 42.6 Å². The van der Waals surface area contributed by atoms with E-state index in [9.17, 15) is 22.8 Å². The molecule has 3 saturated carbocycles. The number of sulfonamides is 1. The lowest BCUT2D eigenvalue weighted by Gasteiger charge is -2.24. The molecule has 3 heterocycles. The number of fused-ring (bicyclic) bond motifs is 1. The molecule has 58 heavy (non-hydrogen) atoms. The van der Waals surface area contributed by atoms with Gasteiger partial charge in [-0.3, -0.25) is 28.7 Å². The number of ether oxygens (including phenoxy) is 3. The minimum absolute atomic E-state index is 0.0120. The van der Waals surface area contributed by atoms with Gasteiger partial charge in [-0.1, -0.05) is 25.0 Å². The van der Waals surface area contributed by atoms with Crippen LogP contribution >= 0.6 is 0 Å². The minimum atomic E-state index is -3.92. The second kappa shape index (κ2) is 16.5. The van der Waals surface area contributed by atoms with Gasteiger partial charge >= 0.3 is 0 Å². The molecule has 2 aromatic heterocycles.